The second kappa shape index (κ2) is 6.00. The van der Waals surface area contributed by atoms with Crippen LogP contribution in [0.4, 0.5) is 17.1 Å². The van der Waals surface area contributed by atoms with Gasteiger partial charge >= 0.3 is 0 Å². The van der Waals surface area contributed by atoms with E-state index in [1.54, 1.807) is 0 Å². The third-order valence-electron chi connectivity index (χ3n) is 3.07. The number of rotatable bonds is 4. The number of carbonyl (C=O) groups excluding carboxylic acids is 1. The monoisotopic (exact) mass is 301 g/mol. The SMILES string of the molecule is Cc1c(NC(=O)c2cccc([N+](=O)[O-])c2)cccc1[N+](=O)[O-]. The Hall–Kier alpha value is -3.29. The van der Waals surface area contributed by atoms with E-state index in [1.807, 2.05) is 0 Å². The van der Waals surface area contributed by atoms with Crippen LogP contribution in [-0.4, -0.2) is 15.8 Å². The highest BCUT2D eigenvalue weighted by Gasteiger charge is 2.16. The van der Waals surface area contributed by atoms with E-state index in [4.69, 9.17) is 0 Å². The van der Waals surface area contributed by atoms with Gasteiger partial charge in [-0.05, 0) is 19.1 Å². The molecule has 0 spiro atoms. The standard InChI is InChI=1S/C14H11N3O5/c1-9-12(6-3-7-13(9)17(21)22)15-14(18)10-4-2-5-11(8-10)16(19)20/h2-8H,1H3,(H,15,18). The van der Waals surface area contributed by atoms with Gasteiger partial charge in [0.05, 0.1) is 21.1 Å². The van der Waals surface area contributed by atoms with Crippen molar-refractivity contribution in [2.75, 3.05) is 5.32 Å². The van der Waals surface area contributed by atoms with Crippen molar-refractivity contribution >= 4 is 23.0 Å². The molecule has 0 saturated heterocycles. The molecular formula is C14H11N3O5. The molecule has 22 heavy (non-hydrogen) atoms. The third-order valence-corrected chi connectivity index (χ3v) is 3.07. The zero-order chi connectivity index (χ0) is 16.3. The summed E-state index contributed by atoms with van der Waals surface area (Å²) < 4.78 is 0. The maximum Gasteiger partial charge on any atom is 0.274 e. The topological polar surface area (TPSA) is 115 Å². The zero-order valence-electron chi connectivity index (χ0n) is 11.5. The van der Waals surface area contributed by atoms with Crippen molar-refractivity contribution in [2.45, 2.75) is 6.92 Å². The second-order valence-corrected chi connectivity index (χ2v) is 4.47. The Bertz CT molecular complexity index is 773. The number of nitro groups is 2. The summed E-state index contributed by atoms with van der Waals surface area (Å²) in [5.74, 6) is -0.577. The minimum Gasteiger partial charge on any atom is -0.321 e. The van der Waals surface area contributed by atoms with E-state index in [1.165, 1.54) is 43.3 Å². The van der Waals surface area contributed by atoms with Gasteiger partial charge in [-0.1, -0.05) is 12.1 Å². The zero-order valence-corrected chi connectivity index (χ0v) is 11.5. The van der Waals surface area contributed by atoms with E-state index in [2.05, 4.69) is 5.32 Å². The fourth-order valence-corrected chi connectivity index (χ4v) is 1.91. The molecule has 2 aromatic carbocycles. The van der Waals surface area contributed by atoms with E-state index in [0.717, 1.165) is 6.07 Å². The molecule has 0 bridgehead atoms. The van der Waals surface area contributed by atoms with Crippen molar-refractivity contribution in [3.8, 4) is 0 Å². The number of carbonyl (C=O) groups is 1. The van der Waals surface area contributed by atoms with Crippen molar-refractivity contribution in [2.24, 2.45) is 0 Å². The van der Waals surface area contributed by atoms with Crippen molar-refractivity contribution < 1.29 is 14.6 Å². The van der Waals surface area contributed by atoms with Crippen LogP contribution >= 0.6 is 0 Å². The average Bonchev–Trinajstić information content (AvgIpc) is 2.49. The van der Waals surface area contributed by atoms with Crippen LogP contribution in [0.15, 0.2) is 42.5 Å². The van der Waals surface area contributed by atoms with Crippen LogP contribution < -0.4 is 5.32 Å². The highest BCUT2D eigenvalue weighted by atomic mass is 16.6. The lowest BCUT2D eigenvalue weighted by molar-refractivity contribution is -0.385. The van der Waals surface area contributed by atoms with Crippen LogP contribution in [0.1, 0.15) is 15.9 Å². The van der Waals surface area contributed by atoms with Gasteiger partial charge in [-0.15, -0.1) is 0 Å². The largest absolute Gasteiger partial charge is 0.321 e. The summed E-state index contributed by atoms with van der Waals surface area (Å²) >= 11 is 0. The van der Waals surface area contributed by atoms with Crippen LogP contribution in [-0.2, 0) is 0 Å². The van der Waals surface area contributed by atoms with Crippen LogP contribution in [0.2, 0.25) is 0 Å². The lowest BCUT2D eigenvalue weighted by Gasteiger charge is -2.08. The molecule has 0 unspecified atom stereocenters. The Morgan fingerprint density at radius 3 is 2.36 bits per heavy atom. The van der Waals surface area contributed by atoms with Gasteiger partial charge in [0, 0.05) is 23.8 Å². The quantitative estimate of drug-likeness (QED) is 0.688. The molecule has 0 radical (unpaired) electrons. The predicted octanol–water partition coefficient (Wildman–Crippen LogP) is 3.06. The smallest absolute Gasteiger partial charge is 0.274 e. The molecule has 0 fully saturated rings. The van der Waals surface area contributed by atoms with Gasteiger partial charge in [0.15, 0.2) is 0 Å². The van der Waals surface area contributed by atoms with Crippen molar-refractivity contribution in [1.82, 2.24) is 0 Å². The number of hydrogen-bond donors (Lipinski definition) is 1. The summed E-state index contributed by atoms with van der Waals surface area (Å²) in [5, 5.41) is 24.1. The first-order chi connectivity index (χ1) is 10.4. The van der Waals surface area contributed by atoms with E-state index in [0.29, 0.717) is 5.56 Å². The summed E-state index contributed by atoms with van der Waals surface area (Å²) in [4.78, 5) is 32.5. The Kier molecular flexibility index (Phi) is 4.12. The molecule has 0 heterocycles. The molecule has 1 N–H and O–H groups in total. The minimum absolute atomic E-state index is 0.0973. The van der Waals surface area contributed by atoms with Crippen LogP contribution in [0.25, 0.3) is 0 Å². The van der Waals surface area contributed by atoms with Gasteiger partial charge in [-0.3, -0.25) is 25.0 Å². The lowest BCUT2D eigenvalue weighted by Crippen LogP contribution is -2.13. The Morgan fingerprint density at radius 1 is 1.05 bits per heavy atom. The fraction of sp³-hybridized carbons (Fsp3) is 0.0714. The molecule has 0 aliphatic rings. The van der Waals surface area contributed by atoms with Gasteiger partial charge in [-0.2, -0.15) is 0 Å². The van der Waals surface area contributed by atoms with Gasteiger partial charge < -0.3 is 5.32 Å². The number of anilines is 1. The first kappa shape index (κ1) is 15.1. The Balaban J connectivity index is 2.30. The maximum atomic E-state index is 12.1. The molecule has 1 amide bonds. The summed E-state index contributed by atoms with van der Waals surface area (Å²) in [6.45, 7) is 1.52. The summed E-state index contributed by atoms with van der Waals surface area (Å²) in [6.07, 6.45) is 0. The molecule has 8 heteroatoms. The third kappa shape index (κ3) is 3.06. The first-order valence-electron chi connectivity index (χ1n) is 6.20. The number of nitro benzene ring substituents is 2. The fourth-order valence-electron chi connectivity index (χ4n) is 1.91. The van der Waals surface area contributed by atoms with E-state index in [-0.39, 0.29) is 22.6 Å². The summed E-state index contributed by atoms with van der Waals surface area (Å²) in [7, 11) is 0. The van der Waals surface area contributed by atoms with Crippen molar-refractivity contribution in [3.63, 3.8) is 0 Å². The molecule has 0 aliphatic heterocycles. The van der Waals surface area contributed by atoms with Gasteiger partial charge in [0.25, 0.3) is 17.3 Å². The molecule has 112 valence electrons. The Morgan fingerprint density at radius 2 is 1.73 bits per heavy atom. The van der Waals surface area contributed by atoms with E-state index < -0.39 is 15.8 Å². The molecule has 0 aromatic heterocycles. The van der Waals surface area contributed by atoms with Gasteiger partial charge in [0.2, 0.25) is 0 Å². The molecular weight excluding hydrogens is 290 g/mol. The lowest BCUT2D eigenvalue weighted by atomic mass is 10.1. The highest BCUT2D eigenvalue weighted by Crippen LogP contribution is 2.25. The predicted molar refractivity (Wildman–Crippen MR) is 78.9 cm³/mol. The molecule has 0 aliphatic carbocycles. The molecule has 0 saturated carbocycles. The number of hydrogen-bond acceptors (Lipinski definition) is 5. The van der Waals surface area contributed by atoms with E-state index >= 15 is 0 Å². The number of nitrogens with zero attached hydrogens (tertiary/aromatic N) is 2. The molecule has 8 nitrogen and oxygen atoms in total. The first-order valence-corrected chi connectivity index (χ1v) is 6.20. The minimum atomic E-state index is -0.602. The summed E-state index contributed by atoms with van der Waals surface area (Å²) in [6, 6.07) is 9.55. The number of non-ortho nitro benzene ring substituents is 1. The molecule has 2 rings (SSSR count). The van der Waals surface area contributed by atoms with E-state index in [9.17, 15) is 25.0 Å². The van der Waals surface area contributed by atoms with Gasteiger partial charge in [-0.25, -0.2) is 0 Å². The van der Waals surface area contributed by atoms with Crippen molar-refractivity contribution in [3.05, 3.63) is 73.8 Å². The molecule has 2 aromatic rings. The van der Waals surface area contributed by atoms with Crippen LogP contribution in [0, 0.1) is 27.2 Å². The Labute approximate surface area is 124 Å². The summed E-state index contributed by atoms with van der Waals surface area (Å²) in [5.41, 5.74) is 0.373. The second-order valence-electron chi connectivity index (χ2n) is 4.47. The van der Waals surface area contributed by atoms with Crippen LogP contribution in [0.5, 0.6) is 0 Å². The highest BCUT2D eigenvalue weighted by molar-refractivity contribution is 6.05. The maximum absolute atomic E-state index is 12.1. The number of nitrogens with one attached hydrogen (secondary N) is 1. The van der Waals surface area contributed by atoms with Gasteiger partial charge in [0.1, 0.15) is 0 Å². The van der Waals surface area contributed by atoms with Crippen molar-refractivity contribution in [1.29, 1.82) is 0 Å². The molecule has 0 atom stereocenters. The van der Waals surface area contributed by atoms with Crippen LogP contribution in [0.3, 0.4) is 0 Å². The normalized spacial score (nSPS) is 10.0. The number of amides is 1. The average molecular weight is 301 g/mol. The number of benzene rings is 2.